The lowest BCUT2D eigenvalue weighted by molar-refractivity contribution is 0.0937. The number of nitrogens with zero attached hydrogens (tertiary/aromatic N) is 3. The van der Waals surface area contributed by atoms with Crippen LogP contribution in [0.1, 0.15) is 33.6 Å². The van der Waals surface area contributed by atoms with Crippen LogP contribution in [-0.4, -0.2) is 55.8 Å². The van der Waals surface area contributed by atoms with E-state index in [1.165, 1.54) is 5.56 Å². The molecule has 176 valence electrons. The summed E-state index contributed by atoms with van der Waals surface area (Å²) in [5.74, 6) is 1.24. The Balaban J connectivity index is 1.40. The fraction of sp³-hybridized carbons (Fsp3) is 0.370. The van der Waals surface area contributed by atoms with Crippen molar-refractivity contribution in [3.63, 3.8) is 0 Å². The molecule has 1 saturated heterocycles. The van der Waals surface area contributed by atoms with Crippen LogP contribution in [0, 0.1) is 0 Å². The molecule has 2 aromatic carbocycles. The van der Waals surface area contributed by atoms with Crippen molar-refractivity contribution in [2.45, 2.75) is 24.7 Å². The molecule has 0 bridgehead atoms. The smallest absolute Gasteiger partial charge is 0.255 e. The van der Waals surface area contributed by atoms with E-state index in [4.69, 9.17) is 19.4 Å². The Morgan fingerprint density at radius 3 is 2.68 bits per heavy atom. The van der Waals surface area contributed by atoms with Gasteiger partial charge in [0, 0.05) is 36.9 Å². The van der Waals surface area contributed by atoms with E-state index in [0.717, 1.165) is 49.6 Å². The monoisotopic (exact) mass is 458 g/mol. The molecule has 1 N–H and O–H groups in total. The van der Waals surface area contributed by atoms with Gasteiger partial charge >= 0.3 is 0 Å². The van der Waals surface area contributed by atoms with Gasteiger partial charge in [0.1, 0.15) is 5.75 Å². The molecule has 0 saturated carbocycles. The van der Waals surface area contributed by atoms with Gasteiger partial charge in [0.2, 0.25) is 5.95 Å². The largest absolute Gasteiger partial charge is 0.496 e. The Morgan fingerprint density at radius 2 is 1.88 bits per heavy atom. The van der Waals surface area contributed by atoms with E-state index < -0.39 is 0 Å². The van der Waals surface area contributed by atoms with E-state index in [0.29, 0.717) is 31.1 Å². The minimum Gasteiger partial charge on any atom is -0.496 e. The minimum atomic E-state index is -0.226. The molecule has 0 radical (unpaired) electrons. The number of benzene rings is 2. The molecular formula is C27H30N4O3. The lowest BCUT2D eigenvalue weighted by Crippen LogP contribution is -2.45. The van der Waals surface area contributed by atoms with Crippen LogP contribution in [0.3, 0.4) is 0 Å². The van der Waals surface area contributed by atoms with Crippen LogP contribution in [0.5, 0.6) is 5.75 Å². The Bertz CT molecular complexity index is 1150. The highest BCUT2D eigenvalue weighted by atomic mass is 16.5. The summed E-state index contributed by atoms with van der Waals surface area (Å²) in [4.78, 5) is 24.9. The summed E-state index contributed by atoms with van der Waals surface area (Å²) in [6, 6.07) is 17.8. The van der Waals surface area contributed by atoms with Gasteiger partial charge in [-0.05, 0) is 42.5 Å². The zero-order chi connectivity index (χ0) is 23.4. The van der Waals surface area contributed by atoms with Crippen LogP contribution in [0.15, 0.2) is 60.8 Å². The molecule has 2 aliphatic rings. The molecule has 2 heterocycles. The predicted molar refractivity (Wildman–Crippen MR) is 131 cm³/mol. The molecular weight excluding hydrogens is 428 g/mol. The van der Waals surface area contributed by atoms with Crippen molar-refractivity contribution < 1.29 is 14.3 Å². The van der Waals surface area contributed by atoms with Gasteiger partial charge in [0.25, 0.3) is 5.91 Å². The van der Waals surface area contributed by atoms with Crippen molar-refractivity contribution in [3.8, 4) is 5.75 Å². The summed E-state index contributed by atoms with van der Waals surface area (Å²) >= 11 is 0. The molecule has 1 aromatic heterocycles. The molecule has 7 heteroatoms. The van der Waals surface area contributed by atoms with Crippen molar-refractivity contribution in [1.82, 2.24) is 15.3 Å². The average Bonchev–Trinajstić information content (AvgIpc) is 2.92. The summed E-state index contributed by atoms with van der Waals surface area (Å²) in [5, 5.41) is 3.19. The number of hydrogen-bond acceptors (Lipinski definition) is 6. The molecule has 5 rings (SSSR count). The van der Waals surface area contributed by atoms with Crippen LogP contribution in [-0.2, 0) is 23.0 Å². The molecule has 0 unspecified atom stereocenters. The van der Waals surface area contributed by atoms with E-state index in [2.05, 4.69) is 34.5 Å². The lowest BCUT2D eigenvalue weighted by Gasteiger charge is -2.39. The third-order valence-electron chi connectivity index (χ3n) is 6.93. The van der Waals surface area contributed by atoms with E-state index in [1.807, 2.05) is 30.5 Å². The van der Waals surface area contributed by atoms with Crippen LogP contribution < -0.4 is 15.0 Å². The number of fused-ring (bicyclic) bond motifs is 1. The normalized spacial score (nSPS) is 19.9. The molecule has 1 fully saturated rings. The standard InChI is InChI=1S/C27H30N4O3/c1-33-24-10-6-5-9-22(24)25(32)29-19-27(21-7-3-2-4-8-21)12-11-23-20(17-27)18-28-26(30-23)31-13-15-34-16-14-31/h2-10,18H,11-17,19H2,1H3,(H,29,32)/t27-/m0/s1. The first kappa shape index (κ1) is 22.3. The molecule has 34 heavy (non-hydrogen) atoms. The number of methoxy groups -OCH3 is 1. The van der Waals surface area contributed by atoms with E-state index in [-0.39, 0.29) is 11.3 Å². The summed E-state index contributed by atoms with van der Waals surface area (Å²) in [5.41, 5.74) is 3.80. The predicted octanol–water partition coefficient (Wildman–Crippen LogP) is 3.18. The lowest BCUT2D eigenvalue weighted by atomic mass is 9.68. The number of aromatic nitrogens is 2. The van der Waals surface area contributed by atoms with Gasteiger partial charge in [-0.1, -0.05) is 42.5 Å². The highest BCUT2D eigenvalue weighted by Crippen LogP contribution is 2.38. The highest BCUT2D eigenvalue weighted by Gasteiger charge is 2.37. The first-order valence-electron chi connectivity index (χ1n) is 11.8. The number of carbonyl (C=O) groups is 1. The van der Waals surface area contributed by atoms with E-state index >= 15 is 0 Å². The zero-order valence-electron chi connectivity index (χ0n) is 19.5. The third kappa shape index (κ3) is 4.48. The van der Waals surface area contributed by atoms with Crippen molar-refractivity contribution >= 4 is 11.9 Å². The van der Waals surface area contributed by atoms with E-state index in [9.17, 15) is 4.79 Å². The van der Waals surface area contributed by atoms with Gasteiger partial charge in [-0.25, -0.2) is 9.97 Å². The number of amides is 1. The maximum atomic E-state index is 13.1. The number of carbonyl (C=O) groups excluding carboxylic acids is 1. The number of aryl methyl sites for hydroxylation is 1. The molecule has 1 atom stereocenters. The second-order valence-electron chi connectivity index (χ2n) is 8.95. The molecule has 7 nitrogen and oxygen atoms in total. The first-order valence-corrected chi connectivity index (χ1v) is 11.8. The zero-order valence-corrected chi connectivity index (χ0v) is 19.5. The average molecular weight is 459 g/mol. The van der Waals surface area contributed by atoms with Crippen LogP contribution in [0.4, 0.5) is 5.95 Å². The van der Waals surface area contributed by atoms with Crippen LogP contribution in [0.25, 0.3) is 0 Å². The summed E-state index contributed by atoms with van der Waals surface area (Å²) in [7, 11) is 1.58. The van der Waals surface area contributed by atoms with Gasteiger partial charge in [0.05, 0.1) is 25.9 Å². The molecule has 0 spiro atoms. The third-order valence-corrected chi connectivity index (χ3v) is 6.93. The number of para-hydroxylation sites is 1. The second kappa shape index (κ2) is 9.81. The number of ether oxygens (including phenoxy) is 2. The first-order chi connectivity index (χ1) is 16.7. The van der Waals surface area contributed by atoms with Gasteiger partial charge in [0.15, 0.2) is 0 Å². The van der Waals surface area contributed by atoms with Crippen LogP contribution in [0.2, 0.25) is 0 Å². The number of rotatable bonds is 6. The van der Waals surface area contributed by atoms with E-state index in [1.54, 1.807) is 13.2 Å². The summed E-state index contributed by atoms with van der Waals surface area (Å²) < 4.78 is 10.8. The maximum Gasteiger partial charge on any atom is 0.255 e. The molecule has 1 aliphatic heterocycles. The fourth-order valence-electron chi connectivity index (χ4n) is 4.99. The highest BCUT2D eigenvalue weighted by molar-refractivity contribution is 5.97. The maximum absolute atomic E-state index is 13.1. The Morgan fingerprint density at radius 1 is 1.12 bits per heavy atom. The van der Waals surface area contributed by atoms with Crippen molar-refractivity contribution in [1.29, 1.82) is 0 Å². The van der Waals surface area contributed by atoms with Gasteiger partial charge in [-0.3, -0.25) is 4.79 Å². The SMILES string of the molecule is COc1ccccc1C(=O)NC[C@]1(c2ccccc2)CCc2nc(N3CCOCC3)ncc2C1. The molecule has 1 amide bonds. The van der Waals surface area contributed by atoms with Crippen molar-refractivity contribution in [2.75, 3.05) is 44.9 Å². The number of morpholine rings is 1. The summed E-state index contributed by atoms with van der Waals surface area (Å²) in [6.45, 7) is 3.59. The van der Waals surface area contributed by atoms with Crippen LogP contribution >= 0.6 is 0 Å². The Hall–Kier alpha value is -3.45. The minimum absolute atomic E-state index is 0.127. The number of nitrogens with one attached hydrogen (secondary N) is 1. The Kier molecular flexibility index (Phi) is 6.45. The van der Waals surface area contributed by atoms with Gasteiger partial charge in [-0.2, -0.15) is 0 Å². The van der Waals surface area contributed by atoms with Gasteiger partial charge < -0.3 is 19.7 Å². The quantitative estimate of drug-likeness (QED) is 0.612. The number of anilines is 1. The fourth-order valence-corrected chi connectivity index (χ4v) is 4.99. The topological polar surface area (TPSA) is 76.6 Å². The van der Waals surface area contributed by atoms with Gasteiger partial charge in [-0.15, -0.1) is 0 Å². The molecule has 1 aliphatic carbocycles. The van der Waals surface area contributed by atoms with Crippen molar-refractivity contribution in [2.24, 2.45) is 0 Å². The van der Waals surface area contributed by atoms with Crippen molar-refractivity contribution in [3.05, 3.63) is 83.2 Å². The molecule has 3 aromatic rings. The Labute approximate surface area is 200 Å². The second-order valence-corrected chi connectivity index (χ2v) is 8.95. The number of hydrogen-bond donors (Lipinski definition) is 1. The summed E-state index contributed by atoms with van der Waals surface area (Å²) in [6.07, 6.45) is 4.50.